The molecular formula is C20H23NO3. The second kappa shape index (κ2) is 7.74. The Kier molecular flexibility index (Phi) is 5.70. The second-order valence-corrected chi connectivity index (χ2v) is 6.42. The zero-order valence-corrected chi connectivity index (χ0v) is 14.6. The van der Waals surface area contributed by atoms with Crippen LogP contribution in [0.3, 0.4) is 0 Å². The van der Waals surface area contributed by atoms with Crippen molar-refractivity contribution in [3.05, 3.63) is 53.6 Å². The Balaban J connectivity index is 2.01. The molecule has 0 aliphatic heterocycles. The molecule has 24 heavy (non-hydrogen) atoms. The molecule has 0 spiro atoms. The fourth-order valence-electron chi connectivity index (χ4n) is 2.34. The number of rotatable bonds is 6. The molecule has 4 heteroatoms. The van der Waals surface area contributed by atoms with Crippen LogP contribution in [0.5, 0.6) is 17.2 Å². The Morgan fingerprint density at radius 1 is 0.958 bits per heavy atom. The second-order valence-electron chi connectivity index (χ2n) is 6.42. The predicted octanol–water partition coefficient (Wildman–Crippen LogP) is 4.32. The van der Waals surface area contributed by atoms with Crippen molar-refractivity contribution in [2.75, 3.05) is 20.3 Å². The van der Waals surface area contributed by atoms with Crippen LogP contribution in [0.1, 0.15) is 31.9 Å². The van der Waals surface area contributed by atoms with Crippen molar-refractivity contribution in [2.24, 2.45) is 0 Å². The third kappa shape index (κ3) is 4.42. The highest BCUT2D eigenvalue weighted by Gasteiger charge is 2.20. The van der Waals surface area contributed by atoms with E-state index in [9.17, 15) is 0 Å². The van der Waals surface area contributed by atoms with Crippen molar-refractivity contribution in [2.45, 2.75) is 26.2 Å². The summed E-state index contributed by atoms with van der Waals surface area (Å²) in [7, 11) is 1.66. The molecule has 0 heterocycles. The Labute approximate surface area is 143 Å². The van der Waals surface area contributed by atoms with Crippen molar-refractivity contribution in [1.82, 2.24) is 0 Å². The highest BCUT2D eigenvalue weighted by atomic mass is 16.5. The zero-order valence-electron chi connectivity index (χ0n) is 14.6. The molecule has 0 aliphatic carbocycles. The van der Waals surface area contributed by atoms with Gasteiger partial charge < -0.3 is 14.2 Å². The van der Waals surface area contributed by atoms with Crippen molar-refractivity contribution < 1.29 is 14.2 Å². The van der Waals surface area contributed by atoms with Gasteiger partial charge in [0.2, 0.25) is 0 Å². The number of hydrogen-bond donors (Lipinski definition) is 0. The molecule has 0 aromatic heterocycles. The summed E-state index contributed by atoms with van der Waals surface area (Å²) in [6, 6.07) is 15.1. The van der Waals surface area contributed by atoms with E-state index in [1.165, 1.54) is 0 Å². The Morgan fingerprint density at radius 2 is 1.62 bits per heavy atom. The average Bonchev–Trinajstić information content (AvgIpc) is 2.58. The number of hydrogen-bond acceptors (Lipinski definition) is 4. The van der Waals surface area contributed by atoms with Gasteiger partial charge in [-0.2, -0.15) is 5.26 Å². The van der Waals surface area contributed by atoms with Crippen molar-refractivity contribution in [3.8, 4) is 23.3 Å². The van der Waals surface area contributed by atoms with Crippen LogP contribution >= 0.6 is 0 Å². The van der Waals surface area contributed by atoms with Crippen LogP contribution in [-0.2, 0) is 5.41 Å². The molecule has 0 N–H and O–H groups in total. The Bertz CT molecular complexity index is 726. The van der Waals surface area contributed by atoms with Crippen LogP contribution in [0.4, 0.5) is 0 Å². The van der Waals surface area contributed by atoms with Gasteiger partial charge in [-0.3, -0.25) is 0 Å². The van der Waals surface area contributed by atoms with E-state index in [1.807, 2.05) is 30.3 Å². The molecule has 0 unspecified atom stereocenters. The molecule has 0 amide bonds. The van der Waals surface area contributed by atoms with Crippen molar-refractivity contribution in [3.63, 3.8) is 0 Å². The maximum atomic E-state index is 9.06. The topological polar surface area (TPSA) is 51.5 Å². The highest BCUT2D eigenvalue weighted by molar-refractivity contribution is 5.44. The summed E-state index contributed by atoms with van der Waals surface area (Å²) in [6.07, 6.45) is 0. The summed E-state index contributed by atoms with van der Waals surface area (Å²) in [5, 5.41) is 9.06. The molecular weight excluding hydrogens is 302 g/mol. The molecule has 4 nitrogen and oxygen atoms in total. The number of benzene rings is 2. The molecule has 2 aromatic carbocycles. The van der Waals surface area contributed by atoms with Gasteiger partial charge in [0.15, 0.2) is 0 Å². The molecule has 0 atom stereocenters. The van der Waals surface area contributed by atoms with Crippen LogP contribution in [0.15, 0.2) is 42.5 Å². The van der Waals surface area contributed by atoms with E-state index in [0.717, 1.165) is 17.1 Å². The first-order valence-corrected chi connectivity index (χ1v) is 7.89. The van der Waals surface area contributed by atoms with E-state index in [-0.39, 0.29) is 5.41 Å². The Hall–Kier alpha value is -2.67. The van der Waals surface area contributed by atoms with Crippen LogP contribution in [0, 0.1) is 11.3 Å². The zero-order chi connectivity index (χ0) is 17.6. The number of para-hydroxylation sites is 1. The van der Waals surface area contributed by atoms with Crippen LogP contribution in [0.2, 0.25) is 0 Å². The van der Waals surface area contributed by atoms with Crippen LogP contribution in [0.25, 0.3) is 0 Å². The number of ether oxygens (including phenoxy) is 3. The largest absolute Gasteiger partial charge is 0.497 e. The van der Waals surface area contributed by atoms with E-state index >= 15 is 0 Å². The molecule has 0 fully saturated rings. The van der Waals surface area contributed by atoms with Gasteiger partial charge in [0.25, 0.3) is 0 Å². The number of methoxy groups -OCH3 is 1. The van der Waals surface area contributed by atoms with Gasteiger partial charge in [-0.15, -0.1) is 0 Å². The van der Waals surface area contributed by atoms with E-state index < -0.39 is 0 Å². The van der Waals surface area contributed by atoms with Crippen molar-refractivity contribution in [1.29, 1.82) is 5.26 Å². The lowest BCUT2D eigenvalue weighted by Crippen LogP contribution is -2.16. The van der Waals surface area contributed by atoms with Gasteiger partial charge in [-0.25, -0.2) is 0 Å². The third-order valence-corrected chi connectivity index (χ3v) is 3.60. The van der Waals surface area contributed by atoms with E-state index in [0.29, 0.717) is 24.5 Å². The third-order valence-electron chi connectivity index (χ3n) is 3.60. The average molecular weight is 325 g/mol. The smallest absolute Gasteiger partial charge is 0.137 e. The predicted molar refractivity (Wildman–Crippen MR) is 93.8 cm³/mol. The van der Waals surface area contributed by atoms with E-state index in [4.69, 9.17) is 19.5 Å². The highest BCUT2D eigenvalue weighted by Crippen LogP contribution is 2.34. The molecule has 0 saturated carbocycles. The van der Waals surface area contributed by atoms with Gasteiger partial charge in [0.05, 0.1) is 12.7 Å². The molecule has 0 bridgehead atoms. The van der Waals surface area contributed by atoms with Gasteiger partial charge in [0, 0.05) is 5.56 Å². The quantitative estimate of drug-likeness (QED) is 0.742. The molecule has 0 saturated heterocycles. The Morgan fingerprint density at radius 3 is 2.25 bits per heavy atom. The SMILES string of the molecule is COc1ccc(OCCOc2ccccc2C#N)c(C(C)(C)C)c1. The molecule has 126 valence electrons. The minimum atomic E-state index is -0.0574. The molecule has 2 aromatic rings. The molecule has 0 radical (unpaired) electrons. The van der Waals surface area contributed by atoms with E-state index in [2.05, 4.69) is 26.8 Å². The maximum absolute atomic E-state index is 9.06. The fraction of sp³-hybridized carbons (Fsp3) is 0.350. The number of nitrogens with zero attached hydrogens (tertiary/aromatic N) is 1. The first kappa shape index (κ1) is 17.7. The first-order chi connectivity index (χ1) is 11.5. The van der Waals surface area contributed by atoms with Gasteiger partial charge in [-0.05, 0) is 35.7 Å². The summed E-state index contributed by atoms with van der Waals surface area (Å²) >= 11 is 0. The standard InChI is InChI=1S/C20H23NO3/c1-20(2,3)17-13-16(22-4)9-10-19(17)24-12-11-23-18-8-6-5-7-15(18)14-21/h5-10,13H,11-12H2,1-4H3. The number of nitriles is 1. The summed E-state index contributed by atoms with van der Waals surface area (Å²) in [4.78, 5) is 0. The fourth-order valence-corrected chi connectivity index (χ4v) is 2.34. The van der Waals surface area contributed by atoms with Gasteiger partial charge in [-0.1, -0.05) is 32.9 Å². The lowest BCUT2D eigenvalue weighted by Gasteiger charge is -2.23. The van der Waals surface area contributed by atoms with Gasteiger partial charge >= 0.3 is 0 Å². The van der Waals surface area contributed by atoms with Gasteiger partial charge in [0.1, 0.15) is 36.5 Å². The minimum absolute atomic E-state index is 0.0574. The maximum Gasteiger partial charge on any atom is 0.137 e. The molecule has 2 rings (SSSR count). The summed E-state index contributed by atoms with van der Waals surface area (Å²) < 4.78 is 16.8. The van der Waals surface area contributed by atoms with Crippen LogP contribution < -0.4 is 14.2 Å². The summed E-state index contributed by atoms with van der Waals surface area (Å²) in [5.74, 6) is 2.21. The first-order valence-electron chi connectivity index (χ1n) is 7.89. The monoisotopic (exact) mass is 325 g/mol. The molecule has 0 aliphatic rings. The summed E-state index contributed by atoms with van der Waals surface area (Å²) in [6.45, 7) is 7.17. The van der Waals surface area contributed by atoms with E-state index in [1.54, 1.807) is 19.2 Å². The normalized spacial score (nSPS) is 10.8. The lowest BCUT2D eigenvalue weighted by atomic mass is 9.86. The van der Waals surface area contributed by atoms with Crippen molar-refractivity contribution >= 4 is 0 Å². The van der Waals surface area contributed by atoms with Crippen LogP contribution in [-0.4, -0.2) is 20.3 Å². The lowest BCUT2D eigenvalue weighted by molar-refractivity contribution is 0.213. The minimum Gasteiger partial charge on any atom is -0.497 e. The summed E-state index contributed by atoms with van der Waals surface area (Å²) in [5.41, 5.74) is 1.55.